The lowest BCUT2D eigenvalue weighted by atomic mass is 10.2. The molecule has 1 aromatic rings. The Morgan fingerprint density at radius 2 is 2.18 bits per heavy atom. The van der Waals surface area contributed by atoms with Crippen LogP contribution in [-0.4, -0.2) is 53.4 Å². The zero-order valence-electron chi connectivity index (χ0n) is 10.3. The highest BCUT2D eigenvalue weighted by Gasteiger charge is 2.10. The number of carbonyl (C=O) groups excluding carboxylic acids is 1. The van der Waals surface area contributed by atoms with E-state index in [4.69, 9.17) is 5.11 Å². The second kappa shape index (κ2) is 6.15. The van der Waals surface area contributed by atoms with Crippen LogP contribution in [0.15, 0.2) is 12.1 Å². The molecule has 0 aliphatic rings. The molecule has 1 aromatic heterocycles. The van der Waals surface area contributed by atoms with E-state index < -0.39 is 0 Å². The number of amides is 1. The maximum Gasteiger partial charge on any atom is 0.273 e. The van der Waals surface area contributed by atoms with Crippen molar-refractivity contribution in [2.45, 2.75) is 6.92 Å². The Morgan fingerprint density at radius 3 is 2.65 bits per heavy atom. The van der Waals surface area contributed by atoms with Crippen molar-refractivity contribution < 1.29 is 9.90 Å². The quantitative estimate of drug-likeness (QED) is 0.767. The van der Waals surface area contributed by atoms with E-state index >= 15 is 0 Å². The van der Waals surface area contributed by atoms with Crippen LogP contribution in [0.2, 0.25) is 0 Å². The lowest BCUT2D eigenvalue weighted by Crippen LogP contribution is -2.23. The number of aliphatic hydroxyl groups excluding tert-OH is 1. The first-order valence-electron chi connectivity index (χ1n) is 5.44. The molecule has 0 radical (unpaired) electrons. The molecular weight excluding hydrogens is 220 g/mol. The standard InChI is InChI=1S/C11H18N4O2/c1-8(7-16)6-12-10-5-4-9(13-14-10)11(17)15(2)3/h4-5,8,16H,6-7H2,1-3H3,(H,12,14). The number of nitrogens with one attached hydrogen (secondary N) is 1. The first-order chi connectivity index (χ1) is 8.04. The van der Waals surface area contributed by atoms with Crippen LogP contribution in [0.3, 0.4) is 0 Å². The van der Waals surface area contributed by atoms with Crippen LogP contribution < -0.4 is 5.32 Å². The van der Waals surface area contributed by atoms with E-state index in [1.807, 2.05) is 6.92 Å². The Hall–Kier alpha value is -1.69. The fourth-order valence-electron chi connectivity index (χ4n) is 1.11. The fraction of sp³-hybridized carbons (Fsp3) is 0.545. The Labute approximate surface area is 101 Å². The van der Waals surface area contributed by atoms with Gasteiger partial charge in [0.05, 0.1) is 0 Å². The third-order valence-corrected chi connectivity index (χ3v) is 2.23. The zero-order valence-corrected chi connectivity index (χ0v) is 10.3. The minimum atomic E-state index is -0.173. The van der Waals surface area contributed by atoms with Gasteiger partial charge in [0.25, 0.3) is 5.91 Å². The Kier molecular flexibility index (Phi) is 4.84. The summed E-state index contributed by atoms with van der Waals surface area (Å²) in [5.41, 5.74) is 0.316. The molecular formula is C11H18N4O2. The summed E-state index contributed by atoms with van der Waals surface area (Å²) in [6.07, 6.45) is 0. The highest BCUT2D eigenvalue weighted by atomic mass is 16.3. The van der Waals surface area contributed by atoms with E-state index in [0.29, 0.717) is 18.1 Å². The van der Waals surface area contributed by atoms with E-state index in [2.05, 4.69) is 15.5 Å². The van der Waals surface area contributed by atoms with E-state index in [0.717, 1.165) is 0 Å². The molecule has 0 aliphatic carbocycles. The number of aromatic nitrogens is 2. The molecule has 0 saturated carbocycles. The van der Waals surface area contributed by atoms with Gasteiger partial charge in [-0.3, -0.25) is 4.79 Å². The van der Waals surface area contributed by atoms with Crippen molar-refractivity contribution in [2.75, 3.05) is 32.6 Å². The van der Waals surface area contributed by atoms with Gasteiger partial charge >= 0.3 is 0 Å². The van der Waals surface area contributed by atoms with Crippen molar-refractivity contribution in [3.63, 3.8) is 0 Å². The number of nitrogens with zero attached hydrogens (tertiary/aromatic N) is 3. The molecule has 0 aromatic carbocycles. The van der Waals surface area contributed by atoms with Gasteiger partial charge in [-0.25, -0.2) is 0 Å². The minimum Gasteiger partial charge on any atom is -0.396 e. The average Bonchev–Trinajstić information content (AvgIpc) is 2.35. The summed E-state index contributed by atoms with van der Waals surface area (Å²) in [7, 11) is 3.33. The van der Waals surface area contributed by atoms with Crippen LogP contribution in [-0.2, 0) is 0 Å². The summed E-state index contributed by atoms with van der Waals surface area (Å²) >= 11 is 0. The normalized spacial score (nSPS) is 12.0. The molecule has 6 nitrogen and oxygen atoms in total. The molecule has 1 atom stereocenters. The Morgan fingerprint density at radius 1 is 1.47 bits per heavy atom. The highest BCUT2D eigenvalue weighted by Crippen LogP contribution is 2.04. The van der Waals surface area contributed by atoms with Gasteiger partial charge in [-0.15, -0.1) is 10.2 Å². The lowest BCUT2D eigenvalue weighted by molar-refractivity contribution is 0.0821. The van der Waals surface area contributed by atoms with Crippen molar-refractivity contribution in [1.82, 2.24) is 15.1 Å². The molecule has 0 fully saturated rings. The highest BCUT2D eigenvalue weighted by molar-refractivity contribution is 5.91. The van der Waals surface area contributed by atoms with Gasteiger partial charge in [-0.05, 0) is 18.1 Å². The van der Waals surface area contributed by atoms with Crippen LogP contribution in [0.4, 0.5) is 5.82 Å². The lowest BCUT2D eigenvalue weighted by Gasteiger charge is -2.11. The molecule has 1 heterocycles. The molecule has 2 N–H and O–H groups in total. The van der Waals surface area contributed by atoms with Crippen LogP contribution >= 0.6 is 0 Å². The van der Waals surface area contributed by atoms with Gasteiger partial charge in [-0.1, -0.05) is 6.92 Å². The van der Waals surface area contributed by atoms with Crippen LogP contribution in [0.25, 0.3) is 0 Å². The van der Waals surface area contributed by atoms with Gasteiger partial charge < -0.3 is 15.3 Å². The van der Waals surface area contributed by atoms with Crippen molar-refractivity contribution in [3.05, 3.63) is 17.8 Å². The SMILES string of the molecule is CC(CO)CNc1ccc(C(=O)N(C)C)nn1. The monoisotopic (exact) mass is 238 g/mol. The molecule has 94 valence electrons. The van der Waals surface area contributed by atoms with E-state index in [1.54, 1.807) is 26.2 Å². The molecule has 6 heteroatoms. The topological polar surface area (TPSA) is 78.4 Å². The van der Waals surface area contributed by atoms with E-state index in [9.17, 15) is 4.79 Å². The van der Waals surface area contributed by atoms with Crippen LogP contribution in [0.1, 0.15) is 17.4 Å². The van der Waals surface area contributed by atoms with Crippen molar-refractivity contribution in [3.8, 4) is 0 Å². The number of rotatable bonds is 5. The van der Waals surface area contributed by atoms with Crippen LogP contribution in [0.5, 0.6) is 0 Å². The molecule has 1 unspecified atom stereocenters. The molecule has 0 saturated heterocycles. The maximum atomic E-state index is 11.5. The Bertz CT molecular complexity index is 364. The molecule has 0 spiro atoms. The molecule has 0 bridgehead atoms. The number of hydrogen-bond donors (Lipinski definition) is 2. The summed E-state index contributed by atoms with van der Waals surface area (Å²) in [5.74, 6) is 0.577. The summed E-state index contributed by atoms with van der Waals surface area (Å²) in [5, 5.41) is 19.6. The van der Waals surface area contributed by atoms with Gasteiger partial charge in [0.15, 0.2) is 5.69 Å². The molecule has 1 rings (SSSR count). The first-order valence-corrected chi connectivity index (χ1v) is 5.44. The number of carbonyl (C=O) groups is 1. The third-order valence-electron chi connectivity index (χ3n) is 2.23. The first kappa shape index (κ1) is 13.4. The van der Waals surface area contributed by atoms with Crippen molar-refractivity contribution in [2.24, 2.45) is 5.92 Å². The van der Waals surface area contributed by atoms with Crippen LogP contribution in [0, 0.1) is 5.92 Å². The second-order valence-corrected chi connectivity index (χ2v) is 4.17. The van der Waals surface area contributed by atoms with Crippen molar-refractivity contribution >= 4 is 11.7 Å². The number of anilines is 1. The van der Waals surface area contributed by atoms with E-state index in [1.165, 1.54) is 4.90 Å². The zero-order chi connectivity index (χ0) is 12.8. The average molecular weight is 238 g/mol. The van der Waals surface area contributed by atoms with Gasteiger partial charge in [-0.2, -0.15) is 0 Å². The van der Waals surface area contributed by atoms with E-state index in [-0.39, 0.29) is 18.4 Å². The smallest absolute Gasteiger partial charge is 0.273 e. The molecule has 1 amide bonds. The second-order valence-electron chi connectivity index (χ2n) is 4.17. The number of hydrogen-bond acceptors (Lipinski definition) is 5. The largest absolute Gasteiger partial charge is 0.396 e. The summed E-state index contributed by atoms with van der Waals surface area (Å²) < 4.78 is 0. The third kappa shape index (κ3) is 3.99. The molecule has 0 aliphatic heterocycles. The summed E-state index contributed by atoms with van der Waals surface area (Å²) in [4.78, 5) is 13.0. The van der Waals surface area contributed by atoms with Gasteiger partial charge in [0, 0.05) is 27.2 Å². The van der Waals surface area contributed by atoms with Gasteiger partial charge in [0.2, 0.25) is 0 Å². The molecule has 17 heavy (non-hydrogen) atoms. The maximum absolute atomic E-state index is 11.5. The fourth-order valence-corrected chi connectivity index (χ4v) is 1.11. The van der Waals surface area contributed by atoms with Gasteiger partial charge in [0.1, 0.15) is 5.82 Å². The van der Waals surface area contributed by atoms with Crippen molar-refractivity contribution in [1.29, 1.82) is 0 Å². The number of aliphatic hydroxyl groups is 1. The Balaban J connectivity index is 2.59. The minimum absolute atomic E-state index is 0.123. The predicted octanol–water partition coefficient (Wildman–Crippen LogP) is 0.219. The summed E-state index contributed by atoms with van der Waals surface area (Å²) in [6, 6.07) is 3.33. The predicted molar refractivity (Wildman–Crippen MR) is 64.8 cm³/mol. The summed E-state index contributed by atoms with van der Waals surface area (Å²) in [6.45, 7) is 2.66.